The summed E-state index contributed by atoms with van der Waals surface area (Å²) in [7, 11) is 0. The van der Waals surface area contributed by atoms with Crippen LogP contribution in [0.5, 0.6) is 0 Å². The summed E-state index contributed by atoms with van der Waals surface area (Å²) in [4.78, 5) is 28.3. The summed E-state index contributed by atoms with van der Waals surface area (Å²) >= 11 is 0. The van der Waals surface area contributed by atoms with E-state index in [0.717, 1.165) is 35.2 Å². The molecule has 1 aliphatic carbocycles. The van der Waals surface area contributed by atoms with Gasteiger partial charge >= 0.3 is 0 Å². The average molecular weight is 348 g/mol. The predicted octanol–water partition coefficient (Wildman–Crippen LogP) is 3.41. The maximum atomic E-state index is 12.2. The fraction of sp³-hybridized carbons (Fsp3) is 0.250. The van der Waals surface area contributed by atoms with Crippen LogP contribution in [0.15, 0.2) is 54.9 Å². The summed E-state index contributed by atoms with van der Waals surface area (Å²) < 4.78 is 1.98. The van der Waals surface area contributed by atoms with Crippen LogP contribution in [-0.4, -0.2) is 21.4 Å². The van der Waals surface area contributed by atoms with Gasteiger partial charge in [0.2, 0.25) is 11.8 Å². The lowest BCUT2D eigenvalue weighted by molar-refractivity contribution is -0.117. The standard InChI is InChI=1S/C20H20N4O2/c25-19(11-12-24-13-21-17-3-1-2-4-18(17)24)22-15-7-9-16(10-8-15)23-20(26)14-5-6-14/h1-4,7-10,13-14H,5-6,11-12H2,(H,22,25)(H,23,26). The Morgan fingerprint density at radius 3 is 2.42 bits per heavy atom. The number of hydrogen-bond donors (Lipinski definition) is 2. The van der Waals surface area contributed by atoms with E-state index in [9.17, 15) is 9.59 Å². The van der Waals surface area contributed by atoms with Crippen LogP contribution in [0.2, 0.25) is 0 Å². The van der Waals surface area contributed by atoms with Gasteiger partial charge in [-0.05, 0) is 49.2 Å². The van der Waals surface area contributed by atoms with Crippen molar-refractivity contribution in [1.29, 1.82) is 0 Å². The highest BCUT2D eigenvalue weighted by Crippen LogP contribution is 2.30. The predicted molar refractivity (Wildman–Crippen MR) is 101 cm³/mol. The molecule has 0 spiro atoms. The Morgan fingerprint density at radius 2 is 1.69 bits per heavy atom. The first-order chi connectivity index (χ1) is 12.7. The molecule has 132 valence electrons. The number of anilines is 2. The Kier molecular flexibility index (Phi) is 4.39. The molecular weight excluding hydrogens is 328 g/mol. The first-order valence-corrected chi connectivity index (χ1v) is 8.80. The zero-order valence-electron chi connectivity index (χ0n) is 14.3. The van der Waals surface area contributed by atoms with Gasteiger partial charge in [0.1, 0.15) is 0 Å². The van der Waals surface area contributed by atoms with Gasteiger partial charge in [-0.25, -0.2) is 4.98 Å². The van der Waals surface area contributed by atoms with E-state index in [2.05, 4.69) is 15.6 Å². The van der Waals surface area contributed by atoms with Crippen molar-refractivity contribution in [3.8, 4) is 0 Å². The molecule has 0 radical (unpaired) electrons. The number of aryl methyl sites for hydroxylation is 1. The van der Waals surface area contributed by atoms with E-state index in [1.54, 1.807) is 30.6 Å². The van der Waals surface area contributed by atoms with E-state index in [0.29, 0.717) is 13.0 Å². The van der Waals surface area contributed by atoms with E-state index < -0.39 is 0 Å². The van der Waals surface area contributed by atoms with Crippen molar-refractivity contribution in [2.75, 3.05) is 10.6 Å². The Morgan fingerprint density at radius 1 is 1.00 bits per heavy atom. The van der Waals surface area contributed by atoms with E-state index in [1.807, 2.05) is 28.8 Å². The van der Waals surface area contributed by atoms with Crippen molar-refractivity contribution >= 4 is 34.2 Å². The number of imidazole rings is 1. The third-order valence-electron chi connectivity index (χ3n) is 4.49. The van der Waals surface area contributed by atoms with Gasteiger partial charge in [-0.3, -0.25) is 9.59 Å². The number of nitrogens with zero attached hydrogens (tertiary/aromatic N) is 2. The van der Waals surface area contributed by atoms with Crippen LogP contribution >= 0.6 is 0 Å². The summed E-state index contributed by atoms with van der Waals surface area (Å²) in [5.74, 6) is 0.195. The van der Waals surface area contributed by atoms with Crippen molar-refractivity contribution < 1.29 is 9.59 Å². The first kappa shape index (κ1) is 16.3. The minimum absolute atomic E-state index is 0.0578. The van der Waals surface area contributed by atoms with E-state index in [4.69, 9.17) is 0 Å². The van der Waals surface area contributed by atoms with Crippen LogP contribution in [0.25, 0.3) is 11.0 Å². The van der Waals surface area contributed by atoms with Gasteiger partial charge in [0.05, 0.1) is 17.4 Å². The fourth-order valence-corrected chi connectivity index (χ4v) is 2.86. The quantitative estimate of drug-likeness (QED) is 0.717. The Hall–Kier alpha value is -3.15. The molecule has 0 bridgehead atoms. The van der Waals surface area contributed by atoms with Crippen LogP contribution in [0.4, 0.5) is 11.4 Å². The molecule has 1 aliphatic rings. The molecule has 1 fully saturated rings. The summed E-state index contributed by atoms with van der Waals surface area (Å²) in [6.45, 7) is 0.571. The van der Waals surface area contributed by atoms with E-state index >= 15 is 0 Å². The molecule has 2 amide bonds. The van der Waals surface area contributed by atoms with Crippen molar-refractivity contribution in [1.82, 2.24) is 9.55 Å². The second-order valence-corrected chi connectivity index (χ2v) is 6.57. The molecular formula is C20H20N4O2. The van der Waals surface area contributed by atoms with Gasteiger partial charge in [0.25, 0.3) is 0 Å². The largest absolute Gasteiger partial charge is 0.330 e. The van der Waals surface area contributed by atoms with Gasteiger partial charge < -0.3 is 15.2 Å². The molecule has 6 heteroatoms. The van der Waals surface area contributed by atoms with Gasteiger partial charge in [0.15, 0.2) is 0 Å². The molecule has 0 saturated heterocycles. The average Bonchev–Trinajstić information content (AvgIpc) is 3.43. The molecule has 0 aliphatic heterocycles. The fourth-order valence-electron chi connectivity index (χ4n) is 2.86. The summed E-state index contributed by atoms with van der Waals surface area (Å²) in [6, 6.07) is 15.1. The van der Waals surface area contributed by atoms with Crippen LogP contribution in [0, 0.1) is 5.92 Å². The number of carbonyl (C=O) groups excluding carboxylic acids is 2. The Labute approximate surface area is 151 Å². The van der Waals surface area contributed by atoms with Crippen molar-refractivity contribution in [3.63, 3.8) is 0 Å². The zero-order valence-corrected chi connectivity index (χ0v) is 14.3. The minimum atomic E-state index is -0.0578. The number of rotatable bonds is 6. The SMILES string of the molecule is O=C(CCn1cnc2ccccc21)Nc1ccc(NC(=O)C2CC2)cc1. The molecule has 1 saturated carbocycles. The topological polar surface area (TPSA) is 76.0 Å². The summed E-state index contributed by atoms with van der Waals surface area (Å²) in [5.41, 5.74) is 3.42. The number of hydrogen-bond acceptors (Lipinski definition) is 3. The summed E-state index contributed by atoms with van der Waals surface area (Å²) in [5, 5.41) is 5.77. The van der Waals surface area contributed by atoms with Crippen LogP contribution in [0.3, 0.4) is 0 Å². The highest BCUT2D eigenvalue weighted by Gasteiger charge is 2.29. The number of para-hydroxylation sites is 2. The Bertz CT molecular complexity index is 942. The Balaban J connectivity index is 1.30. The molecule has 1 aromatic heterocycles. The number of amides is 2. The lowest BCUT2D eigenvalue weighted by Crippen LogP contribution is -2.15. The highest BCUT2D eigenvalue weighted by atomic mass is 16.2. The lowest BCUT2D eigenvalue weighted by Gasteiger charge is -2.08. The van der Waals surface area contributed by atoms with E-state index in [-0.39, 0.29) is 17.7 Å². The number of fused-ring (bicyclic) bond motifs is 1. The van der Waals surface area contributed by atoms with Crippen LogP contribution in [-0.2, 0) is 16.1 Å². The van der Waals surface area contributed by atoms with Gasteiger partial charge in [-0.1, -0.05) is 12.1 Å². The maximum absolute atomic E-state index is 12.2. The lowest BCUT2D eigenvalue weighted by atomic mass is 10.2. The van der Waals surface area contributed by atoms with Crippen molar-refractivity contribution in [3.05, 3.63) is 54.9 Å². The van der Waals surface area contributed by atoms with Crippen LogP contribution < -0.4 is 10.6 Å². The number of nitrogens with one attached hydrogen (secondary N) is 2. The molecule has 26 heavy (non-hydrogen) atoms. The maximum Gasteiger partial charge on any atom is 0.227 e. The summed E-state index contributed by atoms with van der Waals surface area (Å²) in [6.07, 6.45) is 4.08. The minimum Gasteiger partial charge on any atom is -0.330 e. The zero-order chi connectivity index (χ0) is 17.9. The second kappa shape index (κ2) is 7.00. The number of benzene rings is 2. The smallest absolute Gasteiger partial charge is 0.227 e. The third-order valence-corrected chi connectivity index (χ3v) is 4.49. The molecule has 2 aromatic carbocycles. The molecule has 1 heterocycles. The van der Waals surface area contributed by atoms with Crippen molar-refractivity contribution in [2.24, 2.45) is 5.92 Å². The monoisotopic (exact) mass is 348 g/mol. The molecule has 0 unspecified atom stereocenters. The molecule has 2 N–H and O–H groups in total. The number of aromatic nitrogens is 2. The van der Waals surface area contributed by atoms with Crippen LogP contribution in [0.1, 0.15) is 19.3 Å². The molecule has 3 aromatic rings. The van der Waals surface area contributed by atoms with Gasteiger partial charge in [-0.15, -0.1) is 0 Å². The molecule has 4 rings (SSSR count). The third kappa shape index (κ3) is 3.74. The molecule has 6 nitrogen and oxygen atoms in total. The normalized spacial score (nSPS) is 13.5. The molecule has 0 atom stereocenters. The van der Waals surface area contributed by atoms with Gasteiger partial charge in [-0.2, -0.15) is 0 Å². The van der Waals surface area contributed by atoms with Gasteiger partial charge in [0, 0.05) is 30.3 Å². The highest BCUT2D eigenvalue weighted by molar-refractivity contribution is 5.95. The second-order valence-electron chi connectivity index (χ2n) is 6.57. The number of carbonyl (C=O) groups is 2. The van der Waals surface area contributed by atoms with Crippen molar-refractivity contribution in [2.45, 2.75) is 25.8 Å². The van der Waals surface area contributed by atoms with E-state index in [1.165, 1.54) is 0 Å². The first-order valence-electron chi connectivity index (χ1n) is 8.80.